The van der Waals surface area contributed by atoms with Crippen molar-refractivity contribution in [1.82, 2.24) is 5.32 Å². The number of esters is 1. The van der Waals surface area contributed by atoms with Gasteiger partial charge in [0, 0.05) is 5.69 Å². The molecular formula is C26H23N3O6S2. The highest BCUT2D eigenvalue weighted by atomic mass is 32.1. The van der Waals surface area contributed by atoms with Gasteiger partial charge in [-0.1, -0.05) is 24.3 Å². The van der Waals surface area contributed by atoms with Gasteiger partial charge in [0.05, 0.1) is 28.2 Å². The summed E-state index contributed by atoms with van der Waals surface area (Å²) in [7, 11) is 0. The molecule has 0 spiro atoms. The molecule has 4 aromatic rings. The number of thiophene rings is 2. The van der Waals surface area contributed by atoms with Crippen LogP contribution in [0, 0.1) is 6.92 Å². The predicted octanol–water partition coefficient (Wildman–Crippen LogP) is 5.19. The number of para-hydroxylation sites is 1. The number of carbonyl (C=O) groups is 4. The predicted molar refractivity (Wildman–Crippen MR) is 142 cm³/mol. The summed E-state index contributed by atoms with van der Waals surface area (Å²) in [6.45, 7) is 3.42. The number of benzene rings is 1. The first kappa shape index (κ1) is 25.9. The van der Waals surface area contributed by atoms with Crippen molar-refractivity contribution in [3.8, 4) is 0 Å². The maximum absolute atomic E-state index is 13.3. The Labute approximate surface area is 220 Å². The number of rotatable bonds is 10. The zero-order valence-electron chi connectivity index (χ0n) is 19.9. The van der Waals surface area contributed by atoms with Crippen molar-refractivity contribution in [3.05, 3.63) is 92.9 Å². The Hall–Kier alpha value is -4.22. The zero-order chi connectivity index (χ0) is 26.4. The van der Waals surface area contributed by atoms with Crippen molar-refractivity contribution in [1.29, 1.82) is 0 Å². The van der Waals surface area contributed by atoms with Gasteiger partial charge in [-0.15, -0.1) is 22.7 Å². The summed E-state index contributed by atoms with van der Waals surface area (Å²) in [6.07, 6.45) is 0.0879. The van der Waals surface area contributed by atoms with Crippen LogP contribution in [0.4, 0.5) is 10.7 Å². The topological polar surface area (TPSA) is 127 Å². The summed E-state index contributed by atoms with van der Waals surface area (Å²) in [5, 5.41) is 10.3. The van der Waals surface area contributed by atoms with E-state index in [0.717, 1.165) is 11.3 Å². The molecule has 0 aliphatic carbocycles. The molecule has 0 aliphatic rings. The van der Waals surface area contributed by atoms with E-state index in [4.69, 9.17) is 9.15 Å². The van der Waals surface area contributed by atoms with Crippen LogP contribution in [-0.2, 0) is 4.74 Å². The van der Waals surface area contributed by atoms with Crippen LogP contribution < -0.4 is 16.0 Å². The standard InChI is InChI=1S/C26H23N3O6S2/c1-3-34-26(33)19-15(2)21(24(32)27-16-9-5-4-6-10-16)37-25(19)29-22(20(30)18-12-8-14-36-18)28-23(31)17-11-7-13-35-17/h4-14,22,29H,3H2,1-2H3,(H,27,32)(H,28,31)/t22-/m0/s1. The number of nitrogens with one attached hydrogen (secondary N) is 3. The van der Waals surface area contributed by atoms with Gasteiger partial charge in [-0.3, -0.25) is 14.4 Å². The van der Waals surface area contributed by atoms with Gasteiger partial charge < -0.3 is 25.1 Å². The molecule has 0 unspecified atom stereocenters. The van der Waals surface area contributed by atoms with E-state index in [1.165, 1.54) is 23.7 Å². The lowest BCUT2D eigenvalue weighted by atomic mass is 10.1. The number of ether oxygens (including phenoxy) is 1. The molecule has 11 heteroatoms. The smallest absolute Gasteiger partial charge is 0.341 e. The molecule has 1 atom stereocenters. The summed E-state index contributed by atoms with van der Waals surface area (Å²) < 4.78 is 10.4. The highest BCUT2D eigenvalue weighted by molar-refractivity contribution is 7.18. The van der Waals surface area contributed by atoms with Gasteiger partial charge in [0.1, 0.15) is 5.00 Å². The molecule has 0 fully saturated rings. The van der Waals surface area contributed by atoms with Crippen LogP contribution in [0.25, 0.3) is 0 Å². The maximum atomic E-state index is 13.3. The lowest BCUT2D eigenvalue weighted by molar-refractivity contribution is 0.0526. The van der Waals surface area contributed by atoms with Crippen LogP contribution in [0.3, 0.4) is 0 Å². The fourth-order valence-corrected chi connectivity index (χ4v) is 5.27. The summed E-state index contributed by atoms with van der Waals surface area (Å²) in [6, 6.07) is 15.3. The SMILES string of the molecule is CCOC(=O)c1c(N[C@H](NC(=O)c2ccco2)C(=O)c2cccs2)sc(C(=O)Nc2ccccc2)c1C. The first-order valence-electron chi connectivity index (χ1n) is 11.2. The molecule has 3 heterocycles. The van der Waals surface area contributed by atoms with Crippen LogP contribution in [0.2, 0.25) is 0 Å². The van der Waals surface area contributed by atoms with Gasteiger partial charge in [0.25, 0.3) is 11.8 Å². The van der Waals surface area contributed by atoms with Crippen molar-refractivity contribution in [3.63, 3.8) is 0 Å². The number of hydrogen-bond donors (Lipinski definition) is 3. The van der Waals surface area contributed by atoms with Crippen LogP contribution >= 0.6 is 22.7 Å². The fraction of sp³-hybridized carbons (Fsp3) is 0.154. The fourth-order valence-electron chi connectivity index (χ4n) is 3.46. The largest absolute Gasteiger partial charge is 0.462 e. The van der Waals surface area contributed by atoms with E-state index in [2.05, 4.69) is 16.0 Å². The quantitative estimate of drug-likeness (QED) is 0.144. The zero-order valence-corrected chi connectivity index (χ0v) is 21.5. The van der Waals surface area contributed by atoms with Gasteiger partial charge in [-0.05, 0) is 55.1 Å². The third-order valence-electron chi connectivity index (χ3n) is 5.19. The summed E-state index contributed by atoms with van der Waals surface area (Å²) in [4.78, 5) is 52.7. The Morgan fingerprint density at radius 2 is 1.78 bits per heavy atom. The molecule has 190 valence electrons. The highest BCUT2D eigenvalue weighted by Gasteiger charge is 2.31. The van der Waals surface area contributed by atoms with Crippen LogP contribution in [0.5, 0.6) is 0 Å². The average Bonchev–Trinajstić information content (AvgIpc) is 3.66. The van der Waals surface area contributed by atoms with Gasteiger partial charge >= 0.3 is 5.97 Å². The lowest BCUT2D eigenvalue weighted by Crippen LogP contribution is -2.46. The van der Waals surface area contributed by atoms with Gasteiger partial charge in [-0.2, -0.15) is 0 Å². The number of amides is 2. The Balaban J connectivity index is 1.69. The van der Waals surface area contributed by atoms with E-state index in [9.17, 15) is 19.2 Å². The normalized spacial score (nSPS) is 11.4. The molecule has 2 amide bonds. The highest BCUT2D eigenvalue weighted by Crippen LogP contribution is 2.35. The minimum absolute atomic E-state index is 0.0154. The molecule has 4 rings (SSSR count). The monoisotopic (exact) mass is 537 g/mol. The van der Waals surface area contributed by atoms with Gasteiger partial charge in [0.15, 0.2) is 11.9 Å². The number of ketones is 1. The Morgan fingerprint density at radius 3 is 2.43 bits per heavy atom. The molecule has 3 N–H and O–H groups in total. The molecule has 37 heavy (non-hydrogen) atoms. The molecule has 0 radical (unpaired) electrons. The summed E-state index contributed by atoms with van der Waals surface area (Å²) in [5.41, 5.74) is 1.09. The minimum atomic E-state index is -1.26. The molecular weight excluding hydrogens is 514 g/mol. The molecule has 0 aliphatic heterocycles. The van der Waals surface area contributed by atoms with E-state index < -0.39 is 29.7 Å². The van der Waals surface area contributed by atoms with Crippen molar-refractivity contribution in [2.75, 3.05) is 17.2 Å². The second-order valence-corrected chi connectivity index (χ2v) is 9.64. The van der Waals surface area contributed by atoms with Crippen LogP contribution in [0.15, 0.2) is 70.7 Å². The number of carbonyl (C=O) groups excluding carboxylic acids is 4. The minimum Gasteiger partial charge on any atom is -0.462 e. The number of Topliss-reactive ketones (excluding diaryl/α,β-unsaturated/α-hetero) is 1. The van der Waals surface area contributed by atoms with Gasteiger partial charge in [-0.25, -0.2) is 4.79 Å². The van der Waals surface area contributed by atoms with Crippen molar-refractivity contribution >= 4 is 56.9 Å². The molecule has 0 saturated heterocycles. The second-order valence-electron chi connectivity index (χ2n) is 7.67. The molecule has 0 saturated carbocycles. The van der Waals surface area contributed by atoms with E-state index in [1.54, 1.807) is 61.7 Å². The Morgan fingerprint density at radius 1 is 1.00 bits per heavy atom. The summed E-state index contributed by atoms with van der Waals surface area (Å²) in [5.74, 6) is -2.11. The molecule has 0 bridgehead atoms. The first-order valence-corrected chi connectivity index (χ1v) is 12.9. The van der Waals surface area contributed by atoms with E-state index in [1.807, 2.05) is 6.07 Å². The van der Waals surface area contributed by atoms with E-state index in [-0.39, 0.29) is 27.8 Å². The molecule has 3 aromatic heterocycles. The number of anilines is 2. The Kier molecular flexibility index (Phi) is 8.16. The van der Waals surface area contributed by atoms with Crippen molar-refractivity contribution in [2.24, 2.45) is 0 Å². The number of furan rings is 1. The van der Waals surface area contributed by atoms with Crippen molar-refractivity contribution < 1.29 is 28.3 Å². The Bertz CT molecular complexity index is 1400. The second kappa shape index (κ2) is 11.7. The van der Waals surface area contributed by atoms with Gasteiger partial charge in [0.2, 0.25) is 5.78 Å². The van der Waals surface area contributed by atoms with Crippen LogP contribution in [0.1, 0.15) is 52.7 Å². The number of hydrogen-bond acceptors (Lipinski definition) is 9. The maximum Gasteiger partial charge on any atom is 0.341 e. The molecule has 1 aromatic carbocycles. The van der Waals surface area contributed by atoms with Crippen LogP contribution in [-0.4, -0.2) is 36.3 Å². The van der Waals surface area contributed by atoms with E-state index in [0.29, 0.717) is 16.1 Å². The lowest BCUT2D eigenvalue weighted by Gasteiger charge is -2.19. The third kappa shape index (κ3) is 5.96. The van der Waals surface area contributed by atoms with Crippen molar-refractivity contribution in [2.45, 2.75) is 20.0 Å². The first-order chi connectivity index (χ1) is 17.9. The van der Waals surface area contributed by atoms with E-state index >= 15 is 0 Å². The molecule has 9 nitrogen and oxygen atoms in total. The summed E-state index contributed by atoms with van der Waals surface area (Å²) >= 11 is 2.20. The third-order valence-corrected chi connectivity index (χ3v) is 7.29. The average molecular weight is 538 g/mol.